The summed E-state index contributed by atoms with van der Waals surface area (Å²) in [5, 5.41) is 0. The van der Waals surface area contributed by atoms with Gasteiger partial charge in [0.05, 0.1) is 12.2 Å². The summed E-state index contributed by atoms with van der Waals surface area (Å²) in [5.74, 6) is 0.232. The van der Waals surface area contributed by atoms with Crippen LogP contribution in [0.25, 0.3) is 0 Å². The van der Waals surface area contributed by atoms with Crippen LogP contribution in [0.2, 0.25) is 0 Å². The molecule has 1 amide bonds. The molecule has 0 saturated carbocycles. The van der Waals surface area contributed by atoms with Crippen molar-refractivity contribution >= 4 is 11.6 Å². The summed E-state index contributed by atoms with van der Waals surface area (Å²) in [6.07, 6.45) is 3.98. The van der Waals surface area contributed by atoms with Gasteiger partial charge in [0.15, 0.2) is 0 Å². The first-order chi connectivity index (χ1) is 12.8. The largest absolute Gasteiger partial charge is 0.311 e. The van der Waals surface area contributed by atoms with Gasteiger partial charge in [0.2, 0.25) is 5.91 Å². The minimum atomic E-state index is 0.232. The molecule has 0 spiro atoms. The van der Waals surface area contributed by atoms with Crippen molar-refractivity contribution in [3.05, 3.63) is 59.9 Å². The smallest absolute Gasteiger partial charge is 0.241 e. The minimum Gasteiger partial charge on any atom is -0.311 e. The molecule has 2 aliphatic heterocycles. The van der Waals surface area contributed by atoms with E-state index in [1.807, 2.05) is 29.3 Å². The molecule has 3 heterocycles. The second-order valence-electron chi connectivity index (χ2n) is 7.15. The van der Waals surface area contributed by atoms with Gasteiger partial charge in [0, 0.05) is 51.2 Å². The number of pyridine rings is 1. The Balaban J connectivity index is 1.30. The molecule has 0 aliphatic carbocycles. The summed E-state index contributed by atoms with van der Waals surface area (Å²) < 4.78 is 0. The second-order valence-corrected chi connectivity index (χ2v) is 7.15. The number of aryl methyl sites for hydroxylation is 1. The first-order valence-electron chi connectivity index (χ1n) is 9.52. The zero-order valence-corrected chi connectivity index (χ0v) is 15.2. The van der Waals surface area contributed by atoms with E-state index < -0.39 is 0 Å². The van der Waals surface area contributed by atoms with E-state index >= 15 is 0 Å². The van der Waals surface area contributed by atoms with Gasteiger partial charge in [-0.25, -0.2) is 0 Å². The first-order valence-corrected chi connectivity index (χ1v) is 9.52. The highest BCUT2D eigenvalue weighted by Gasteiger charge is 2.25. The lowest BCUT2D eigenvalue weighted by molar-refractivity contribution is -0.120. The van der Waals surface area contributed by atoms with Crippen molar-refractivity contribution in [1.29, 1.82) is 0 Å². The summed E-state index contributed by atoms with van der Waals surface area (Å²) in [6, 6.07) is 14.4. The third kappa shape index (κ3) is 3.94. The highest BCUT2D eigenvalue weighted by molar-refractivity contribution is 5.95. The van der Waals surface area contributed by atoms with E-state index in [-0.39, 0.29) is 5.91 Å². The van der Waals surface area contributed by atoms with Gasteiger partial charge in [-0.15, -0.1) is 0 Å². The number of nitrogens with zero attached hydrogens (tertiary/aromatic N) is 4. The Morgan fingerprint density at radius 2 is 1.69 bits per heavy atom. The SMILES string of the molecule is O=C(CN1CCN(Cc2ccccn2)CC1)N1CCCc2ccccc21. The van der Waals surface area contributed by atoms with Gasteiger partial charge in [0.1, 0.15) is 0 Å². The van der Waals surface area contributed by atoms with Crippen molar-refractivity contribution in [2.24, 2.45) is 0 Å². The lowest BCUT2D eigenvalue weighted by atomic mass is 10.0. The van der Waals surface area contributed by atoms with Crippen molar-refractivity contribution in [2.45, 2.75) is 19.4 Å². The van der Waals surface area contributed by atoms with E-state index in [1.54, 1.807) is 0 Å². The maximum Gasteiger partial charge on any atom is 0.241 e. The number of hydrogen-bond acceptors (Lipinski definition) is 4. The van der Waals surface area contributed by atoms with Crippen LogP contribution in [-0.4, -0.2) is 60.0 Å². The Labute approximate surface area is 155 Å². The van der Waals surface area contributed by atoms with Crippen LogP contribution < -0.4 is 4.90 Å². The van der Waals surface area contributed by atoms with Crippen molar-refractivity contribution < 1.29 is 4.79 Å². The third-order valence-electron chi connectivity index (χ3n) is 5.35. The molecule has 0 unspecified atom stereocenters. The van der Waals surface area contributed by atoms with Crippen LogP contribution in [0.4, 0.5) is 5.69 Å². The fraction of sp³-hybridized carbons (Fsp3) is 0.429. The number of amides is 1. The molecule has 0 radical (unpaired) electrons. The van der Waals surface area contributed by atoms with Crippen LogP contribution in [0.15, 0.2) is 48.7 Å². The second kappa shape index (κ2) is 7.98. The molecule has 26 heavy (non-hydrogen) atoms. The Kier molecular flexibility index (Phi) is 5.27. The third-order valence-corrected chi connectivity index (χ3v) is 5.35. The van der Waals surface area contributed by atoms with Crippen LogP contribution in [0.5, 0.6) is 0 Å². The highest BCUT2D eigenvalue weighted by Crippen LogP contribution is 2.26. The van der Waals surface area contributed by atoms with E-state index in [4.69, 9.17) is 0 Å². The van der Waals surface area contributed by atoms with E-state index in [0.717, 1.165) is 63.5 Å². The molecule has 0 N–H and O–H groups in total. The Bertz CT molecular complexity index is 741. The van der Waals surface area contributed by atoms with E-state index in [1.165, 1.54) is 5.56 Å². The number of aromatic nitrogens is 1. The molecular weight excluding hydrogens is 324 g/mol. The topological polar surface area (TPSA) is 39.7 Å². The lowest BCUT2D eigenvalue weighted by Crippen LogP contribution is -2.50. The van der Waals surface area contributed by atoms with Gasteiger partial charge >= 0.3 is 0 Å². The predicted octanol–water partition coefficient (Wildman–Crippen LogP) is 2.18. The molecule has 5 heteroatoms. The maximum atomic E-state index is 12.9. The van der Waals surface area contributed by atoms with Crippen molar-refractivity contribution in [2.75, 3.05) is 44.2 Å². The number of carbonyl (C=O) groups excluding carboxylic acids is 1. The van der Waals surface area contributed by atoms with Crippen LogP contribution in [-0.2, 0) is 17.8 Å². The molecule has 1 aromatic carbocycles. The fourth-order valence-electron chi connectivity index (χ4n) is 3.90. The number of anilines is 1. The van der Waals surface area contributed by atoms with Gasteiger partial charge in [-0.2, -0.15) is 0 Å². The average molecular weight is 350 g/mol. The number of piperazine rings is 1. The molecule has 4 rings (SSSR count). The summed E-state index contributed by atoms with van der Waals surface area (Å²) in [4.78, 5) is 24.0. The molecule has 1 saturated heterocycles. The average Bonchev–Trinajstić information content (AvgIpc) is 2.70. The van der Waals surface area contributed by atoms with Crippen molar-refractivity contribution in [3.63, 3.8) is 0 Å². The number of benzene rings is 1. The summed E-state index contributed by atoms with van der Waals surface area (Å²) in [6.45, 7) is 6.10. The Morgan fingerprint density at radius 1 is 0.923 bits per heavy atom. The standard InChI is InChI=1S/C21H26N4O/c26-21(25-11-5-7-18-6-1-2-9-20(18)25)17-24-14-12-23(13-15-24)16-19-8-3-4-10-22-19/h1-4,6,8-10H,5,7,11-17H2. The molecule has 0 atom stereocenters. The molecule has 1 aromatic heterocycles. The monoisotopic (exact) mass is 350 g/mol. The molecular formula is C21H26N4O. The van der Waals surface area contributed by atoms with Crippen molar-refractivity contribution in [3.8, 4) is 0 Å². The molecule has 2 aliphatic rings. The molecule has 5 nitrogen and oxygen atoms in total. The van der Waals surface area contributed by atoms with E-state index in [2.05, 4.69) is 39.0 Å². The summed E-state index contributed by atoms with van der Waals surface area (Å²) in [5.41, 5.74) is 3.52. The molecule has 2 aromatic rings. The number of rotatable bonds is 4. The van der Waals surface area contributed by atoms with Crippen LogP contribution >= 0.6 is 0 Å². The van der Waals surface area contributed by atoms with Gasteiger partial charge in [-0.3, -0.25) is 19.6 Å². The number of para-hydroxylation sites is 1. The van der Waals surface area contributed by atoms with Gasteiger partial charge in [-0.05, 0) is 36.6 Å². The lowest BCUT2D eigenvalue weighted by Gasteiger charge is -2.36. The first kappa shape index (κ1) is 17.2. The zero-order chi connectivity index (χ0) is 17.8. The maximum absolute atomic E-state index is 12.9. The number of carbonyl (C=O) groups is 1. The van der Waals surface area contributed by atoms with E-state index in [0.29, 0.717) is 6.54 Å². The Hall–Kier alpha value is -2.24. The number of fused-ring (bicyclic) bond motifs is 1. The molecule has 136 valence electrons. The fourth-order valence-corrected chi connectivity index (χ4v) is 3.90. The van der Waals surface area contributed by atoms with Gasteiger partial charge < -0.3 is 4.90 Å². The predicted molar refractivity (Wildman–Crippen MR) is 103 cm³/mol. The van der Waals surface area contributed by atoms with Gasteiger partial charge in [0.25, 0.3) is 0 Å². The van der Waals surface area contributed by atoms with Crippen molar-refractivity contribution in [1.82, 2.24) is 14.8 Å². The number of hydrogen-bond donors (Lipinski definition) is 0. The zero-order valence-electron chi connectivity index (χ0n) is 15.2. The summed E-state index contributed by atoms with van der Waals surface area (Å²) >= 11 is 0. The van der Waals surface area contributed by atoms with Gasteiger partial charge in [-0.1, -0.05) is 24.3 Å². The molecule has 1 fully saturated rings. The Morgan fingerprint density at radius 3 is 2.50 bits per heavy atom. The summed E-state index contributed by atoms with van der Waals surface area (Å²) in [7, 11) is 0. The van der Waals surface area contributed by atoms with Crippen LogP contribution in [0.1, 0.15) is 17.7 Å². The molecule has 0 bridgehead atoms. The van der Waals surface area contributed by atoms with E-state index in [9.17, 15) is 4.79 Å². The highest BCUT2D eigenvalue weighted by atomic mass is 16.2. The minimum absolute atomic E-state index is 0.232. The van der Waals surface area contributed by atoms with Crippen LogP contribution in [0.3, 0.4) is 0 Å². The quantitative estimate of drug-likeness (QED) is 0.847. The van der Waals surface area contributed by atoms with Crippen LogP contribution in [0, 0.1) is 0 Å². The normalized spacial score (nSPS) is 18.5.